The van der Waals surface area contributed by atoms with Gasteiger partial charge in [0, 0.05) is 21.6 Å². The summed E-state index contributed by atoms with van der Waals surface area (Å²) in [5.74, 6) is 0.0938. The molecular weight excluding hydrogens is 292 g/mol. The first kappa shape index (κ1) is 15.5. The van der Waals surface area contributed by atoms with Crippen LogP contribution in [0.15, 0.2) is 23.1 Å². The van der Waals surface area contributed by atoms with E-state index < -0.39 is 0 Å². The van der Waals surface area contributed by atoms with Crippen molar-refractivity contribution in [3.63, 3.8) is 0 Å². The van der Waals surface area contributed by atoms with Crippen molar-refractivity contribution in [2.45, 2.75) is 55.2 Å². The number of hydrogen-bond acceptors (Lipinski definition) is 3. The predicted molar refractivity (Wildman–Crippen MR) is 86.2 cm³/mol. The van der Waals surface area contributed by atoms with Crippen molar-refractivity contribution < 1.29 is 4.79 Å². The van der Waals surface area contributed by atoms with Gasteiger partial charge in [0.05, 0.1) is 5.25 Å². The third kappa shape index (κ3) is 4.32. The maximum Gasteiger partial charge on any atom is 0.233 e. The Hall–Kier alpha value is -0.870. The van der Waals surface area contributed by atoms with Gasteiger partial charge in [-0.25, -0.2) is 0 Å². The van der Waals surface area contributed by atoms with E-state index in [9.17, 15) is 4.79 Å². The summed E-state index contributed by atoms with van der Waals surface area (Å²) in [6.45, 7) is 1.91. The molecule has 0 spiro atoms. The van der Waals surface area contributed by atoms with E-state index in [-0.39, 0.29) is 11.2 Å². The van der Waals surface area contributed by atoms with Crippen molar-refractivity contribution in [2.75, 3.05) is 5.73 Å². The molecule has 2 rings (SSSR count). The lowest BCUT2D eigenvalue weighted by atomic mass is 9.95. The molecule has 0 aliphatic heterocycles. The van der Waals surface area contributed by atoms with Crippen molar-refractivity contribution in [3.05, 3.63) is 23.2 Å². The fourth-order valence-corrected chi connectivity index (χ4v) is 3.51. The standard InChI is InChI=1S/C15H21ClN2OS/c1-10(15(19)18-12-5-3-2-4-6-12)20-14-8-7-11(16)9-13(14)17/h7-10,12H,2-6,17H2,1H3,(H,18,19). The number of nitrogen functional groups attached to an aromatic ring is 1. The van der Waals surface area contributed by atoms with E-state index in [2.05, 4.69) is 5.32 Å². The highest BCUT2D eigenvalue weighted by Gasteiger charge is 2.20. The lowest BCUT2D eigenvalue weighted by Crippen LogP contribution is -2.40. The molecule has 3 N–H and O–H groups in total. The van der Waals surface area contributed by atoms with E-state index in [4.69, 9.17) is 17.3 Å². The van der Waals surface area contributed by atoms with Crippen LogP contribution in [0.25, 0.3) is 0 Å². The van der Waals surface area contributed by atoms with Gasteiger partial charge in [-0.1, -0.05) is 30.9 Å². The lowest BCUT2D eigenvalue weighted by molar-refractivity contribution is -0.121. The number of halogens is 1. The molecule has 3 nitrogen and oxygen atoms in total. The number of anilines is 1. The Balaban J connectivity index is 1.89. The van der Waals surface area contributed by atoms with Crippen LogP contribution in [-0.4, -0.2) is 17.2 Å². The molecule has 0 bridgehead atoms. The van der Waals surface area contributed by atoms with E-state index >= 15 is 0 Å². The molecule has 0 aromatic heterocycles. The van der Waals surface area contributed by atoms with E-state index in [0.29, 0.717) is 16.8 Å². The summed E-state index contributed by atoms with van der Waals surface area (Å²) in [6, 6.07) is 5.73. The van der Waals surface area contributed by atoms with Crippen LogP contribution in [-0.2, 0) is 4.79 Å². The molecule has 0 radical (unpaired) electrons. The molecule has 0 saturated heterocycles. The number of nitrogens with two attached hydrogens (primary N) is 1. The Morgan fingerprint density at radius 1 is 1.40 bits per heavy atom. The number of amides is 1. The van der Waals surface area contributed by atoms with Crippen LogP contribution in [0.1, 0.15) is 39.0 Å². The van der Waals surface area contributed by atoms with Crippen molar-refractivity contribution in [3.8, 4) is 0 Å². The summed E-state index contributed by atoms with van der Waals surface area (Å²) in [7, 11) is 0. The van der Waals surface area contributed by atoms with Gasteiger partial charge in [-0.15, -0.1) is 11.8 Å². The molecule has 1 aromatic rings. The van der Waals surface area contributed by atoms with Gasteiger partial charge in [-0.2, -0.15) is 0 Å². The van der Waals surface area contributed by atoms with Crippen molar-refractivity contribution in [1.29, 1.82) is 0 Å². The number of carbonyl (C=O) groups excluding carboxylic acids is 1. The Labute approximate surface area is 129 Å². The quantitative estimate of drug-likeness (QED) is 0.656. The van der Waals surface area contributed by atoms with Gasteiger partial charge in [0.1, 0.15) is 0 Å². The number of hydrogen-bond donors (Lipinski definition) is 2. The summed E-state index contributed by atoms with van der Waals surface area (Å²) < 4.78 is 0. The second-order valence-electron chi connectivity index (χ2n) is 5.29. The first-order valence-electron chi connectivity index (χ1n) is 7.08. The summed E-state index contributed by atoms with van der Waals surface area (Å²) in [6.07, 6.45) is 5.93. The smallest absolute Gasteiger partial charge is 0.233 e. The summed E-state index contributed by atoms with van der Waals surface area (Å²) >= 11 is 7.36. The molecule has 1 aliphatic rings. The van der Waals surface area contributed by atoms with Gasteiger partial charge >= 0.3 is 0 Å². The predicted octanol–water partition coefficient (Wildman–Crippen LogP) is 3.85. The molecule has 110 valence electrons. The number of thioether (sulfide) groups is 1. The van der Waals surface area contributed by atoms with Gasteiger partial charge < -0.3 is 11.1 Å². The highest BCUT2D eigenvalue weighted by atomic mass is 35.5. The van der Waals surface area contributed by atoms with Crippen LogP contribution in [0, 0.1) is 0 Å². The first-order chi connectivity index (χ1) is 9.56. The topological polar surface area (TPSA) is 55.1 Å². The highest BCUT2D eigenvalue weighted by molar-refractivity contribution is 8.00. The molecule has 1 amide bonds. The van der Waals surface area contributed by atoms with E-state index in [0.717, 1.165) is 17.7 Å². The van der Waals surface area contributed by atoms with Gasteiger partial charge in [-0.05, 0) is 38.0 Å². The summed E-state index contributed by atoms with van der Waals surface area (Å²) in [4.78, 5) is 13.1. The molecule has 1 fully saturated rings. The second kappa shape index (κ2) is 7.23. The molecule has 1 saturated carbocycles. The number of rotatable bonds is 4. The second-order valence-corrected chi connectivity index (χ2v) is 7.10. The number of benzene rings is 1. The maximum absolute atomic E-state index is 12.2. The maximum atomic E-state index is 12.2. The average molecular weight is 313 g/mol. The van der Waals surface area contributed by atoms with Crippen LogP contribution >= 0.6 is 23.4 Å². The molecule has 1 aliphatic carbocycles. The molecule has 0 heterocycles. The highest BCUT2D eigenvalue weighted by Crippen LogP contribution is 2.31. The lowest BCUT2D eigenvalue weighted by Gasteiger charge is -2.24. The van der Waals surface area contributed by atoms with Gasteiger partial charge in [0.15, 0.2) is 0 Å². The Bertz CT molecular complexity index is 475. The average Bonchev–Trinajstić information content (AvgIpc) is 2.43. The fraction of sp³-hybridized carbons (Fsp3) is 0.533. The zero-order valence-corrected chi connectivity index (χ0v) is 13.3. The molecule has 1 unspecified atom stereocenters. The zero-order valence-electron chi connectivity index (χ0n) is 11.7. The normalized spacial score (nSPS) is 17.7. The molecule has 1 aromatic carbocycles. The van der Waals surface area contributed by atoms with E-state index in [1.54, 1.807) is 12.1 Å². The largest absolute Gasteiger partial charge is 0.398 e. The third-order valence-electron chi connectivity index (χ3n) is 3.60. The van der Waals surface area contributed by atoms with Crippen molar-refractivity contribution >= 4 is 35.0 Å². The fourth-order valence-electron chi connectivity index (χ4n) is 2.44. The molecule has 1 atom stereocenters. The van der Waals surface area contributed by atoms with Gasteiger partial charge in [-0.3, -0.25) is 4.79 Å². The van der Waals surface area contributed by atoms with E-state index in [1.165, 1.54) is 31.0 Å². The SMILES string of the molecule is CC(Sc1ccc(Cl)cc1N)C(=O)NC1CCCCC1. The minimum Gasteiger partial charge on any atom is -0.398 e. The zero-order chi connectivity index (χ0) is 14.5. The van der Waals surface area contributed by atoms with Crippen LogP contribution in [0.5, 0.6) is 0 Å². The third-order valence-corrected chi connectivity index (χ3v) is 5.02. The van der Waals surface area contributed by atoms with Gasteiger partial charge in [0.25, 0.3) is 0 Å². The Morgan fingerprint density at radius 2 is 2.10 bits per heavy atom. The molecule has 20 heavy (non-hydrogen) atoms. The minimum absolute atomic E-state index is 0.0938. The van der Waals surface area contributed by atoms with Crippen LogP contribution in [0.3, 0.4) is 0 Å². The van der Waals surface area contributed by atoms with Crippen LogP contribution < -0.4 is 11.1 Å². The Kier molecular flexibility index (Phi) is 5.61. The van der Waals surface area contributed by atoms with Crippen LogP contribution in [0.2, 0.25) is 5.02 Å². The molecule has 5 heteroatoms. The van der Waals surface area contributed by atoms with Crippen molar-refractivity contribution in [1.82, 2.24) is 5.32 Å². The minimum atomic E-state index is -0.152. The summed E-state index contributed by atoms with van der Waals surface area (Å²) in [5.41, 5.74) is 6.54. The number of carbonyl (C=O) groups is 1. The van der Waals surface area contributed by atoms with E-state index in [1.807, 2.05) is 13.0 Å². The molecular formula is C15H21ClN2OS. The first-order valence-corrected chi connectivity index (χ1v) is 8.34. The van der Waals surface area contributed by atoms with Gasteiger partial charge in [0.2, 0.25) is 5.91 Å². The monoisotopic (exact) mass is 312 g/mol. The van der Waals surface area contributed by atoms with Crippen molar-refractivity contribution in [2.24, 2.45) is 0 Å². The summed E-state index contributed by atoms with van der Waals surface area (Å²) in [5, 5.41) is 3.61. The van der Waals surface area contributed by atoms with Crippen LogP contribution in [0.4, 0.5) is 5.69 Å². The Morgan fingerprint density at radius 3 is 2.75 bits per heavy atom. The number of nitrogens with one attached hydrogen (secondary N) is 1.